The Kier molecular flexibility index (Phi) is 5.26. The predicted octanol–water partition coefficient (Wildman–Crippen LogP) is 6.76. The molecular formula is C33H25NO2. The first-order valence-corrected chi connectivity index (χ1v) is 12.1. The van der Waals surface area contributed by atoms with Crippen LogP contribution >= 0.6 is 0 Å². The van der Waals surface area contributed by atoms with Gasteiger partial charge in [-0.2, -0.15) is 0 Å². The van der Waals surface area contributed by atoms with E-state index in [1.807, 2.05) is 121 Å². The van der Waals surface area contributed by atoms with Crippen LogP contribution in [0.5, 0.6) is 0 Å². The summed E-state index contributed by atoms with van der Waals surface area (Å²) in [7, 11) is 1.79. The smallest absolute Gasteiger partial charge is 0.254 e. The van der Waals surface area contributed by atoms with Crippen molar-refractivity contribution in [1.82, 2.24) is 4.90 Å². The van der Waals surface area contributed by atoms with Crippen molar-refractivity contribution in [2.24, 2.45) is 0 Å². The lowest BCUT2D eigenvalue weighted by atomic mass is 9.68. The summed E-state index contributed by atoms with van der Waals surface area (Å²) < 4.78 is 0. The number of rotatable bonds is 3. The van der Waals surface area contributed by atoms with Gasteiger partial charge in [0.1, 0.15) is 5.41 Å². The van der Waals surface area contributed by atoms with E-state index in [9.17, 15) is 9.59 Å². The van der Waals surface area contributed by atoms with Crippen molar-refractivity contribution in [2.75, 3.05) is 13.6 Å². The van der Waals surface area contributed by atoms with Gasteiger partial charge in [0, 0.05) is 19.2 Å². The summed E-state index contributed by atoms with van der Waals surface area (Å²) in [6.45, 7) is 0.252. The zero-order valence-corrected chi connectivity index (χ0v) is 20.0. The van der Waals surface area contributed by atoms with E-state index in [1.165, 1.54) is 0 Å². The molecule has 0 aromatic heterocycles. The van der Waals surface area contributed by atoms with Crippen LogP contribution in [-0.4, -0.2) is 30.2 Å². The summed E-state index contributed by atoms with van der Waals surface area (Å²) in [5.74, 6) is -0.196. The molecule has 0 saturated heterocycles. The van der Waals surface area contributed by atoms with Crippen molar-refractivity contribution in [1.29, 1.82) is 0 Å². The lowest BCUT2D eigenvalue weighted by molar-refractivity contribution is 0.0763. The van der Waals surface area contributed by atoms with E-state index in [2.05, 4.69) is 0 Å². The second kappa shape index (κ2) is 8.62. The molecule has 36 heavy (non-hydrogen) atoms. The van der Waals surface area contributed by atoms with Crippen LogP contribution in [0.1, 0.15) is 31.8 Å². The Morgan fingerprint density at radius 1 is 0.611 bits per heavy atom. The number of nitrogens with zero attached hydrogens (tertiary/aromatic N) is 1. The molecule has 0 bridgehead atoms. The zero-order valence-electron chi connectivity index (χ0n) is 20.0. The molecule has 1 heterocycles. The number of Topliss-reactive ketones (excluding diaryl/α,β-unsaturated/α-hetero) is 1. The maximum atomic E-state index is 14.9. The number of carbonyl (C=O) groups is 2. The molecular weight excluding hydrogens is 442 g/mol. The van der Waals surface area contributed by atoms with Crippen LogP contribution in [0.15, 0.2) is 121 Å². The van der Waals surface area contributed by atoms with Gasteiger partial charge in [-0.25, -0.2) is 0 Å². The Balaban J connectivity index is 1.73. The molecule has 1 aliphatic rings. The minimum Gasteiger partial charge on any atom is -0.340 e. The average molecular weight is 468 g/mol. The van der Waals surface area contributed by atoms with Gasteiger partial charge in [-0.3, -0.25) is 9.59 Å². The highest BCUT2D eigenvalue weighted by Crippen LogP contribution is 2.43. The summed E-state index contributed by atoms with van der Waals surface area (Å²) in [5.41, 5.74) is 3.64. The summed E-state index contributed by atoms with van der Waals surface area (Å²) in [4.78, 5) is 30.6. The Morgan fingerprint density at radius 2 is 1.11 bits per heavy atom. The molecule has 0 N–H and O–H groups in total. The van der Waals surface area contributed by atoms with E-state index in [0.29, 0.717) is 11.1 Å². The third kappa shape index (κ3) is 3.28. The molecule has 3 nitrogen and oxygen atoms in total. The van der Waals surface area contributed by atoms with Gasteiger partial charge >= 0.3 is 0 Å². The highest BCUT2D eigenvalue weighted by atomic mass is 16.2. The second-order valence-corrected chi connectivity index (χ2v) is 9.39. The summed E-state index contributed by atoms with van der Waals surface area (Å²) in [6.07, 6.45) is 0. The molecule has 0 fully saturated rings. The number of amides is 1. The number of hydrogen-bond donors (Lipinski definition) is 0. The standard InChI is InChI=1S/C33H25NO2/c1-34-22-33(24-15-7-3-8-16-24,25-17-9-4-10-18-25)31(35)30-27-20-12-11-19-26(27)28(21-29(30)32(34)36)23-13-5-2-6-14-23/h2-21H,22H2,1H3. The van der Waals surface area contributed by atoms with Gasteiger partial charge in [0.05, 0.1) is 5.56 Å². The monoisotopic (exact) mass is 467 g/mol. The van der Waals surface area contributed by atoms with E-state index >= 15 is 0 Å². The number of benzene rings is 5. The van der Waals surface area contributed by atoms with E-state index in [0.717, 1.165) is 33.0 Å². The molecule has 5 aromatic carbocycles. The lowest BCUT2D eigenvalue weighted by Crippen LogP contribution is -2.45. The van der Waals surface area contributed by atoms with Crippen LogP contribution < -0.4 is 0 Å². The van der Waals surface area contributed by atoms with Crippen LogP contribution in [0.25, 0.3) is 21.9 Å². The molecule has 174 valence electrons. The SMILES string of the molecule is CN1CC(c2ccccc2)(c2ccccc2)C(=O)c2c(cc(-c3ccccc3)c3ccccc23)C1=O. The number of ketones is 1. The van der Waals surface area contributed by atoms with Gasteiger partial charge in [0.25, 0.3) is 5.91 Å². The van der Waals surface area contributed by atoms with E-state index < -0.39 is 5.41 Å². The van der Waals surface area contributed by atoms with Crippen LogP contribution in [-0.2, 0) is 5.41 Å². The maximum absolute atomic E-state index is 14.9. The van der Waals surface area contributed by atoms with Gasteiger partial charge in [-0.05, 0) is 39.1 Å². The van der Waals surface area contributed by atoms with Crippen molar-refractivity contribution in [2.45, 2.75) is 5.41 Å². The molecule has 0 aliphatic carbocycles. The predicted molar refractivity (Wildman–Crippen MR) is 144 cm³/mol. The molecule has 0 spiro atoms. The number of carbonyl (C=O) groups excluding carboxylic acids is 2. The summed E-state index contributed by atoms with van der Waals surface area (Å²) >= 11 is 0. The Hall–Kier alpha value is -4.50. The number of fused-ring (bicyclic) bond motifs is 3. The first-order valence-electron chi connectivity index (χ1n) is 12.1. The fourth-order valence-electron chi connectivity index (χ4n) is 5.62. The Labute approximate surface area is 210 Å². The molecule has 0 saturated carbocycles. The fraction of sp³-hybridized carbons (Fsp3) is 0.0909. The maximum Gasteiger partial charge on any atom is 0.254 e. The highest BCUT2D eigenvalue weighted by molar-refractivity contribution is 6.23. The third-order valence-electron chi connectivity index (χ3n) is 7.33. The van der Waals surface area contributed by atoms with Gasteiger partial charge in [0.15, 0.2) is 5.78 Å². The minimum absolute atomic E-state index is 0.0524. The molecule has 1 amide bonds. The average Bonchev–Trinajstić information content (AvgIpc) is 3.03. The van der Waals surface area contributed by atoms with Gasteiger partial charge in [-0.15, -0.1) is 0 Å². The normalized spacial score (nSPS) is 15.0. The topological polar surface area (TPSA) is 37.4 Å². The molecule has 3 heteroatoms. The molecule has 0 radical (unpaired) electrons. The Morgan fingerprint density at radius 3 is 1.69 bits per heavy atom. The van der Waals surface area contributed by atoms with Crippen LogP contribution in [0.4, 0.5) is 0 Å². The van der Waals surface area contributed by atoms with Crippen molar-refractivity contribution < 1.29 is 9.59 Å². The largest absolute Gasteiger partial charge is 0.340 e. The van der Waals surface area contributed by atoms with Crippen LogP contribution in [0.2, 0.25) is 0 Å². The highest BCUT2D eigenvalue weighted by Gasteiger charge is 2.48. The van der Waals surface area contributed by atoms with Crippen molar-refractivity contribution in [3.8, 4) is 11.1 Å². The van der Waals surface area contributed by atoms with E-state index in [4.69, 9.17) is 0 Å². The molecule has 5 aromatic rings. The first kappa shape index (κ1) is 22.0. The Bertz CT molecular complexity index is 1550. The molecule has 0 atom stereocenters. The second-order valence-electron chi connectivity index (χ2n) is 9.39. The van der Waals surface area contributed by atoms with Gasteiger partial charge in [-0.1, -0.05) is 115 Å². The first-order chi connectivity index (χ1) is 17.6. The zero-order chi connectivity index (χ0) is 24.7. The molecule has 0 unspecified atom stereocenters. The quantitative estimate of drug-likeness (QED) is 0.294. The molecule has 6 rings (SSSR count). The van der Waals surface area contributed by atoms with E-state index in [1.54, 1.807) is 11.9 Å². The van der Waals surface area contributed by atoms with Crippen molar-refractivity contribution in [3.05, 3.63) is 144 Å². The summed E-state index contributed by atoms with van der Waals surface area (Å²) in [5, 5.41) is 1.77. The van der Waals surface area contributed by atoms with Crippen LogP contribution in [0, 0.1) is 0 Å². The fourth-order valence-corrected chi connectivity index (χ4v) is 5.62. The van der Waals surface area contributed by atoms with E-state index in [-0.39, 0.29) is 18.2 Å². The van der Waals surface area contributed by atoms with Crippen molar-refractivity contribution >= 4 is 22.5 Å². The number of likely N-dealkylation sites (N-methyl/N-ethyl adjacent to an activating group) is 1. The number of hydrogen-bond acceptors (Lipinski definition) is 2. The third-order valence-corrected chi connectivity index (χ3v) is 7.33. The van der Waals surface area contributed by atoms with Gasteiger partial charge in [0.2, 0.25) is 0 Å². The minimum atomic E-state index is -1.03. The van der Waals surface area contributed by atoms with Gasteiger partial charge < -0.3 is 4.90 Å². The molecule has 1 aliphatic heterocycles. The lowest BCUT2D eigenvalue weighted by Gasteiger charge is -2.35. The summed E-state index contributed by atoms with van der Waals surface area (Å²) in [6, 6.07) is 39.6. The van der Waals surface area contributed by atoms with Crippen LogP contribution in [0.3, 0.4) is 0 Å². The van der Waals surface area contributed by atoms with Crippen molar-refractivity contribution in [3.63, 3.8) is 0 Å².